The average Bonchev–Trinajstić information content (AvgIpc) is 2.77. The van der Waals surface area contributed by atoms with Crippen molar-refractivity contribution >= 4 is 17.1 Å². The summed E-state index contributed by atoms with van der Waals surface area (Å²) in [6.45, 7) is 1.39. The van der Waals surface area contributed by atoms with E-state index in [0.29, 0.717) is 11.1 Å². The molecule has 2 aromatic rings. The van der Waals surface area contributed by atoms with E-state index < -0.39 is 11.7 Å². The summed E-state index contributed by atoms with van der Waals surface area (Å²) in [7, 11) is 0. The molecule has 2 rings (SSSR count). The fraction of sp³-hybridized carbons (Fsp3) is 0.154. The van der Waals surface area contributed by atoms with Crippen LogP contribution in [0.15, 0.2) is 35.0 Å². The molecule has 0 saturated carbocycles. The van der Waals surface area contributed by atoms with Crippen molar-refractivity contribution in [3.63, 3.8) is 0 Å². The lowest BCUT2D eigenvalue weighted by molar-refractivity contribution is -0.136. The van der Waals surface area contributed by atoms with E-state index in [0.717, 1.165) is 16.7 Å². The first-order valence-corrected chi connectivity index (χ1v) is 6.08. The molecule has 0 amide bonds. The number of hydrogen-bond acceptors (Lipinski definition) is 2. The van der Waals surface area contributed by atoms with Gasteiger partial charge in [-0.05, 0) is 23.9 Å². The number of rotatable bonds is 2. The average molecular weight is 270 g/mol. The molecule has 94 valence electrons. The number of carbonyl (C=O) groups excluding carboxylic acids is 1. The van der Waals surface area contributed by atoms with E-state index in [9.17, 15) is 18.0 Å². The van der Waals surface area contributed by atoms with E-state index in [4.69, 9.17) is 0 Å². The molecule has 0 aliphatic rings. The van der Waals surface area contributed by atoms with Gasteiger partial charge in [0.05, 0.1) is 5.56 Å². The first kappa shape index (κ1) is 12.8. The van der Waals surface area contributed by atoms with E-state index in [1.807, 2.05) is 0 Å². The predicted octanol–water partition coefficient (Wildman–Crippen LogP) is 4.64. The van der Waals surface area contributed by atoms with Crippen molar-refractivity contribution in [2.45, 2.75) is 13.1 Å². The van der Waals surface area contributed by atoms with Crippen LogP contribution < -0.4 is 0 Å². The largest absolute Gasteiger partial charge is 0.417 e. The molecule has 0 unspecified atom stereocenters. The molecule has 0 aliphatic heterocycles. The second-order valence-corrected chi connectivity index (χ2v) is 4.58. The maximum absolute atomic E-state index is 12.8. The van der Waals surface area contributed by atoms with E-state index in [1.54, 1.807) is 18.2 Å². The number of Topliss-reactive ketones (excluding diaryl/α,β-unsaturated/α-hetero) is 1. The Hall–Kier alpha value is -1.62. The van der Waals surface area contributed by atoms with Crippen LogP contribution >= 0.6 is 11.3 Å². The summed E-state index contributed by atoms with van der Waals surface area (Å²) in [6, 6.07) is 6.23. The highest BCUT2D eigenvalue weighted by atomic mass is 32.1. The molecule has 0 spiro atoms. The van der Waals surface area contributed by atoms with Gasteiger partial charge in [0.2, 0.25) is 0 Å². The fourth-order valence-corrected chi connectivity index (χ4v) is 2.51. The van der Waals surface area contributed by atoms with Crippen molar-refractivity contribution in [2.75, 3.05) is 0 Å². The predicted molar refractivity (Wildman–Crippen MR) is 64.8 cm³/mol. The zero-order valence-electron chi connectivity index (χ0n) is 9.41. The monoisotopic (exact) mass is 270 g/mol. The van der Waals surface area contributed by atoms with Crippen molar-refractivity contribution < 1.29 is 18.0 Å². The maximum atomic E-state index is 12.8. The van der Waals surface area contributed by atoms with Crippen LogP contribution in [-0.2, 0) is 6.18 Å². The van der Waals surface area contributed by atoms with Gasteiger partial charge in [-0.2, -0.15) is 24.5 Å². The number of ketones is 1. The Labute approximate surface area is 106 Å². The van der Waals surface area contributed by atoms with Gasteiger partial charge in [0.25, 0.3) is 0 Å². The molecule has 1 nitrogen and oxygen atoms in total. The number of thiophene rings is 1. The summed E-state index contributed by atoms with van der Waals surface area (Å²) in [6.07, 6.45) is -4.37. The highest BCUT2D eigenvalue weighted by molar-refractivity contribution is 7.08. The van der Waals surface area contributed by atoms with Gasteiger partial charge in [0, 0.05) is 16.5 Å². The molecule has 1 aromatic carbocycles. The van der Waals surface area contributed by atoms with Gasteiger partial charge < -0.3 is 0 Å². The number of halogens is 3. The first-order valence-electron chi connectivity index (χ1n) is 5.14. The van der Waals surface area contributed by atoms with E-state index >= 15 is 0 Å². The second-order valence-electron chi connectivity index (χ2n) is 3.83. The van der Waals surface area contributed by atoms with Crippen LogP contribution in [0.2, 0.25) is 0 Å². The third-order valence-electron chi connectivity index (χ3n) is 2.55. The Kier molecular flexibility index (Phi) is 3.26. The molecular formula is C13H9F3OS. The van der Waals surface area contributed by atoms with Crippen molar-refractivity contribution in [3.05, 3.63) is 46.2 Å². The van der Waals surface area contributed by atoms with Crippen LogP contribution in [0, 0.1) is 0 Å². The van der Waals surface area contributed by atoms with Gasteiger partial charge in [-0.25, -0.2) is 0 Å². The van der Waals surface area contributed by atoms with Crippen molar-refractivity contribution in [1.82, 2.24) is 0 Å². The second kappa shape index (κ2) is 4.57. The summed E-state index contributed by atoms with van der Waals surface area (Å²) in [5, 5.41) is 2.53. The minimum absolute atomic E-state index is 0.121. The standard InChI is InChI=1S/C13H9F3OS/c1-8(17)9-3-2-4-10(5-9)11-6-18-7-12(11)13(14,15)16/h2-7H,1H3. The van der Waals surface area contributed by atoms with Gasteiger partial charge in [0.15, 0.2) is 5.78 Å². The Balaban J connectivity index is 2.53. The SMILES string of the molecule is CC(=O)c1cccc(-c2cscc2C(F)(F)F)c1. The molecular weight excluding hydrogens is 261 g/mol. The highest BCUT2D eigenvalue weighted by Crippen LogP contribution is 2.39. The van der Waals surface area contributed by atoms with E-state index in [-0.39, 0.29) is 11.3 Å². The lowest BCUT2D eigenvalue weighted by Gasteiger charge is -2.08. The van der Waals surface area contributed by atoms with Crippen LogP contribution in [-0.4, -0.2) is 5.78 Å². The van der Waals surface area contributed by atoms with Crippen LogP contribution in [0.5, 0.6) is 0 Å². The third kappa shape index (κ3) is 2.46. The smallest absolute Gasteiger partial charge is 0.295 e. The van der Waals surface area contributed by atoms with Gasteiger partial charge >= 0.3 is 6.18 Å². The molecule has 0 saturated heterocycles. The summed E-state index contributed by atoms with van der Waals surface area (Å²) in [4.78, 5) is 11.2. The molecule has 0 N–H and O–H groups in total. The molecule has 0 aliphatic carbocycles. The number of carbonyl (C=O) groups is 1. The fourth-order valence-electron chi connectivity index (χ4n) is 1.65. The van der Waals surface area contributed by atoms with Gasteiger partial charge in [-0.1, -0.05) is 18.2 Å². The molecule has 5 heteroatoms. The van der Waals surface area contributed by atoms with Crippen LogP contribution in [0.25, 0.3) is 11.1 Å². The zero-order chi connectivity index (χ0) is 13.3. The first-order chi connectivity index (χ1) is 8.39. The lowest BCUT2D eigenvalue weighted by atomic mass is 10.0. The molecule has 18 heavy (non-hydrogen) atoms. The van der Waals surface area contributed by atoms with Gasteiger partial charge in [-0.3, -0.25) is 4.79 Å². The zero-order valence-corrected chi connectivity index (χ0v) is 10.2. The summed E-state index contributed by atoms with van der Waals surface area (Å²) in [5.41, 5.74) is 0.284. The topological polar surface area (TPSA) is 17.1 Å². The Morgan fingerprint density at radius 3 is 2.56 bits per heavy atom. The molecule has 0 atom stereocenters. The maximum Gasteiger partial charge on any atom is 0.417 e. The summed E-state index contributed by atoms with van der Waals surface area (Å²) < 4.78 is 38.3. The van der Waals surface area contributed by atoms with Gasteiger partial charge in [0.1, 0.15) is 0 Å². The molecule has 1 heterocycles. The minimum Gasteiger partial charge on any atom is -0.295 e. The molecule has 0 radical (unpaired) electrons. The van der Waals surface area contributed by atoms with E-state index in [2.05, 4.69) is 0 Å². The van der Waals surface area contributed by atoms with Crippen LogP contribution in [0.3, 0.4) is 0 Å². The molecule has 1 aromatic heterocycles. The summed E-state index contributed by atoms with van der Waals surface area (Å²) in [5.74, 6) is -0.166. The minimum atomic E-state index is -4.37. The Bertz CT molecular complexity index is 584. The number of benzene rings is 1. The Morgan fingerprint density at radius 1 is 1.22 bits per heavy atom. The van der Waals surface area contributed by atoms with Crippen molar-refractivity contribution in [2.24, 2.45) is 0 Å². The summed E-state index contributed by atoms with van der Waals surface area (Å²) >= 11 is 0.997. The van der Waals surface area contributed by atoms with E-state index in [1.165, 1.54) is 18.4 Å². The normalized spacial score (nSPS) is 11.6. The Morgan fingerprint density at radius 2 is 1.94 bits per heavy atom. The highest BCUT2D eigenvalue weighted by Gasteiger charge is 2.34. The quantitative estimate of drug-likeness (QED) is 0.727. The molecule has 0 bridgehead atoms. The van der Waals surface area contributed by atoms with Gasteiger partial charge in [-0.15, -0.1) is 0 Å². The van der Waals surface area contributed by atoms with Crippen molar-refractivity contribution in [3.8, 4) is 11.1 Å². The lowest BCUT2D eigenvalue weighted by Crippen LogP contribution is -2.04. The van der Waals surface area contributed by atoms with Crippen LogP contribution in [0.4, 0.5) is 13.2 Å². The number of hydrogen-bond donors (Lipinski definition) is 0. The van der Waals surface area contributed by atoms with Crippen molar-refractivity contribution in [1.29, 1.82) is 0 Å². The number of alkyl halides is 3. The third-order valence-corrected chi connectivity index (χ3v) is 3.29. The van der Waals surface area contributed by atoms with Crippen LogP contribution in [0.1, 0.15) is 22.8 Å². The molecule has 0 fully saturated rings.